The van der Waals surface area contributed by atoms with E-state index in [4.69, 9.17) is 4.74 Å². The fourth-order valence-electron chi connectivity index (χ4n) is 1.18. The van der Waals surface area contributed by atoms with Gasteiger partial charge in [0.15, 0.2) is 0 Å². The maximum absolute atomic E-state index is 11.2. The first kappa shape index (κ1) is 14.5. The number of nitrogens with one attached hydrogen (secondary N) is 2. The molecule has 1 amide bonds. The van der Waals surface area contributed by atoms with Crippen LogP contribution in [0, 0.1) is 0 Å². The molecule has 0 radical (unpaired) electrons. The van der Waals surface area contributed by atoms with Crippen LogP contribution in [0.1, 0.15) is 5.56 Å². The zero-order valence-electron chi connectivity index (χ0n) is 10.0. The number of hydrogen-bond acceptors (Lipinski definition) is 4. The summed E-state index contributed by atoms with van der Waals surface area (Å²) in [6, 6.07) is 9.27. The monoisotopic (exact) mass is 272 g/mol. The summed E-state index contributed by atoms with van der Waals surface area (Å²) < 4.78 is 28.6. The second-order valence-corrected chi connectivity index (χ2v) is 5.49. The number of carbonyl (C=O) groups is 1. The van der Waals surface area contributed by atoms with Gasteiger partial charge in [-0.2, -0.15) is 0 Å². The molecule has 1 aromatic rings. The first-order chi connectivity index (χ1) is 8.47. The van der Waals surface area contributed by atoms with Crippen LogP contribution >= 0.6 is 0 Å². The third kappa shape index (κ3) is 6.87. The minimum Gasteiger partial charge on any atom is -0.445 e. The third-order valence-electron chi connectivity index (χ3n) is 1.97. The second kappa shape index (κ2) is 6.97. The Balaban J connectivity index is 2.15. The molecule has 7 heteroatoms. The highest BCUT2D eigenvalue weighted by Crippen LogP contribution is 2.00. The van der Waals surface area contributed by atoms with E-state index in [9.17, 15) is 13.2 Å². The fraction of sp³-hybridized carbons (Fsp3) is 0.364. The van der Waals surface area contributed by atoms with Crippen molar-refractivity contribution in [3.63, 3.8) is 0 Å². The van der Waals surface area contributed by atoms with E-state index in [1.807, 2.05) is 30.3 Å². The van der Waals surface area contributed by atoms with Crippen LogP contribution in [-0.2, 0) is 21.4 Å². The second-order valence-electron chi connectivity index (χ2n) is 3.66. The zero-order valence-corrected chi connectivity index (χ0v) is 10.9. The minimum atomic E-state index is -3.22. The molecule has 100 valence electrons. The van der Waals surface area contributed by atoms with Crippen LogP contribution in [0.3, 0.4) is 0 Å². The van der Waals surface area contributed by atoms with E-state index in [1.165, 1.54) is 0 Å². The van der Waals surface area contributed by atoms with E-state index in [1.54, 1.807) is 0 Å². The summed E-state index contributed by atoms with van der Waals surface area (Å²) in [6.07, 6.45) is 0.481. The van der Waals surface area contributed by atoms with Gasteiger partial charge in [-0.3, -0.25) is 0 Å². The number of amides is 1. The van der Waals surface area contributed by atoms with E-state index < -0.39 is 16.1 Å². The number of hydrogen-bond donors (Lipinski definition) is 2. The van der Waals surface area contributed by atoms with Gasteiger partial charge in [0, 0.05) is 13.1 Å². The van der Waals surface area contributed by atoms with Crippen molar-refractivity contribution < 1.29 is 17.9 Å². The van der Waals surface area contributed by atoms with Gasteiger partial charge in [-0.25, -0.2) is 17.9 Å². The smallest absolute Gasteiger partial charge is 0.407 e. The lowest BCUT2D eigenvalue weighted by Crippen LogP contribution is -2.34. The van der Waals surface area contributed by atoms with Crippen molar-refractivity contribution in [2.24, 2.45) is 0 Å². The van der Waals surface area contributed by atoms with Crippen molar-refractivity contribution in [2.45, 2.75) is 6.61 Å². The molecular weight excluding hydrogens is 256 g/mol. The molecule has 0 aliphatic carbocycles. The Morgan fingerprint density at radius 2 is 1.89 bits per heavy atom. The summed E-state index contributed by atoms with van der Waals surface area (Å²) in [5.74, 6) is 0. The van der Waals surface area contributed by atoms with Gasteiger partial charge in [0.25, 0.3) is 0 Å². The molecule has 0 fully saturated rings. The zero-order chi connectivity index (χ0) is 13.4. The van der Waals surface area contributed by atoms with E-state index in [-0.39, 0.29) is 19.7 Å². The molecule has 2 N–H and O–H groups in total. The topological polar surface area (TPSA) is 84.5 Å². The highest BCUT2D eigenvalue weighted by molar-refractivity contribution is 7.88. The Labute approximate surface area is 106 Å². The molecule has 1 rings (SSSR count). The van der Waals surface area contributed by atoms with E-state index in [0.717, 1.165) is 11.8 Å². The summed E-state index contributed by atoms with van der Waals surface area (Å²) in [5, 5.41) is 2.44. The Morgan fingerprint density at radius 1 is 1.22 bits per heavy atom. The van der Waals surface area contributed by atoms with Crippen LogP contribution in [0.4, 0.5) is 4.79 Å². The molecule has 0 heterocycles. The van der Waals surface area contributed by atoms with Crippen molar-refractivity contribution >= 4 is 16.1 Å². The highest BCUT2D eigenvalue weighted by Gasteiger charge is 2.03. The van der Waals surface area contributed by atoms with Crippen molar-refractivity contribution in [1.29, 1.82) is 0 Å². The molecule has 0 bridgehead atoms. The largest absolute Gasteiger partial charge is 0.445 e. The van der Waals surface area contributed by atoms with Crippen molar-refractivity contribution in [3.8, 4) is 0 Å². The van der Waals surface area contributed by atoms with Gasteiger partial charge >= 0.3 is 6.09 Å². The van der Waals surface area contributed by atoms with Gasteiger partial charge in [0.2, 0.25) is 10.0 Å². The summed E-state index contributed by atoms with van der Waals surface area (Å²) >= 11 is 0. The molecule has 0 aromatic heterocycles. The van der Waals surface area contributed by atoms with Crippen molar-refractivity contribution in [3.05, 3.63) is 35.9 Å². The van der Waals surface area contributed by atoms with E-state index >= 15 is 0 Å². The maximum Gasteiger partial charge on any atom is 0.407 e. The Bertz CT molecular complexity index is 473. The molecule has 0 unspecified atom stereocenters. The molecule has 0 aliphatic heterocycles. The van der Waals surface area contributed by atoms with Gasteiger partial charge < -0.3 is 10.1 Å². The summed E-state index contributed by atoms with van der Waals surface area (Å²) in [5.41, 5.74) is 0.891. The molecule has 6 nitrogen and oxygen atoms in total. The van der Waals surface area contributed by atoms with Crippen LogP contribution in [0.5, 0.6) is 0 Å². The lowest BCUT2D eigenvalue weighted by atomic mass is 10.2. The van der Waals surface area contributed by atoms with E-state index in [0.29, 0.717) is 0 Å². The number of rotatable bonds is 6. The van der Waals surface area contributed by atoms with Crippen molar-refractivity contribution in [1.82, 2.24) is 10.0 Å². The van der Waals surface area contributed by atoms with Crippen LogP contribution in [0.25, 0.3) is 0 Å². The minimum absolute atomic E-state index is 0.138. The molecule has 18 heavy (non-hydrogen) atoms. The lowest BCUT2D eigenvalue weighted by Gasteiger charge is -2.07. The predicted molar refractivity (Wildman–Crippen MR) is 67.5 cm³/mol. The first-order valence-electron chi connectivity index (χ1n) is 5.36. The molecule has 1 aromatic carbocycles. The molecular formula is C11H16N2O4S. The average molecular weight is 272 g/mol. The number of carbonyl (C=O) groups excluding carboxylic acids is 1. The van der Waals surface area contributed by atoms with Crippen LogP contribution in [-0.4, -0.2) is 33.9 Å². The average Bonchev–Trinajstić information content (AvgIpc) is 2.32. The summed E-state index contributed by atoms with van der Waals surface area (Å²) in [4.78, 5) is 11.2. The molecule has 0 aliphatic rings. The number of alkyl carbamates (subject to hydrolysis) is 1. The molecule has 0 atom stereocenters. The van der Waals surface area contributed by atoms with Crippen molar-refractivity contribution in [2.75, 3.05) is 19.3 Å². The van der Waals surface area contributed by atoms with Crippen LogP contribution in [0.15, 0.2) is 30.3 Å². The number of sulfonamides is 1. The SMILES string of the molecule is CS(=O)(=O)NCCNC(=O)OCc1ccccc1. The van der Waals surface area contributed by atoms with Gasteiger partial charge in [-0.05, 0) is 5.56 Å². The van der Waals surface area contributed by atoms with Gasteiger partial charge in [-0.1, -0.05) is 30.3 Å². The summed E-state index contributed by atoms with van der Waals surface area (Å²) in [6.45, 7) is 0.506. The van der Waals surface area contributed by atoms with Gasteiger partial charge in [-0.15, -0.1) is 0 Å². The normalized spacial score (nSPS) is 10.9. The summed E-state index contributed by atoms with van der Waals surface area (Å²) in [7, 11) is -3.22. The quantitative estimate of drug-likeness (QED) is 0.737. The lowest BCUT2D eigenvalue weighted by molar-refractivity contribution is 0.140. The standard InChI is InChI=1S/C11H16N2O4S/c1-18(15,16)13-8-7-12-11(14)17-9-10-5-3-2-4-6-10/h2-6,13H,7-9H2,1H3,(H,12,14). The molecule has 0 saturated carbocycles. The predicted octanol–water partition coefficient (Wildman–Crippen LogP) is 0.462. The van der Waals surface area contributed by atoms with Gasteiger partial charge in [0.05, 0.1) is 6.26 Å². The van der Waals surface area contributed by atoms with Crippen LogP contribution < -0.4 is 10.0 Å². The Kier molecular flexibility index (Phi) is 5.60. The van der Waals surface area contributed by atoms with Crippen LogP contribution in [0.2, 0.25) is 0 Å². The number of benzene rings is 1. The molecule has 0 saturated heterocycles. The third-order valence-corrected chi connectivity index (χ3v) is 2.70. The molecule has 0 spiro atoms. The fourth-order valence-corrected chi connectivity index (χ4v) is 1.65. The van der Waals surface area contributed by atoms with Gasteiger partial charge in [0.1, 0.15) is 6.61 Å². The van der Waals surface area contributed by atoms with E-state index in [2.05, 4.69) is 10.0 Å². The highest BCUT2D eigenvalue weighted by atomic mass is 32.2. The Morgan fingerprint density at radius 3 is 2.50 bits per heavy atom. The maximum atomic E-state index is 11.2. The number of ether oxygens (including phenoxy) is 1. The first-order valence-corrected chi connectivity index (χ1v) is 7.26. The Hall–Kier alpha value is -1.60.